The molecule has 9 nitrogen and oxygen atoms in total. The van der Waals surface area contributed by atoms with Gasteiger partial charge in [-0.1, -0.05) is 23.8 Å². The highest BCUT2D eigenvalue weighted by Crippen LogP contribution is 2.30. The van der Waals surface area contributed by atoms with E-state index in [9.17, 15) is 4.79 Å². The maximum absolute atomic E-state index is 13.2. The van der Waals surface area contributed by atoms with Crippen molar-refractivity contribution in [3.63, 3.8) is 0 Å². The number of carbonyl (C=O) groups excluding carboxylic acids is 1. The van der Waals surface area contributed by atoms with Crippen molar-refractivity contribution < 1.29 is 19.0 Å². The monoisotopic (exact) mass is 525 g/mol. The highest BCUT2D eigenvalue weighted by Gasteiger charge is 2.31. The van der Waals surface area contributed by atoms with Crippen molar-refractivity contribution in [2.45, 2.75) is 82.3 Å². The Hall–Kier alpha value is -2.33. The highest BCUT2D eigenvalue weighted by atomic mass is 16.5. The minimum Gasteiger partial charge on any atom is -0.379 e. The molecule has 4 aliphatic rings. The Morgan fingerprint density at radius 1 is 1.18 bits per heavy atom. The first-order valence-corrected chi connectivity index (χ1v) is 14.3. The van der Waals surface area contributed by atoms with E-state index in [0.717, 1.165) is 45.1 Å². The summed E-state index contributed by atoms with van der Waals surface area (Å²) in [5, 5.41) is 7.14. The molecule has 208 valence electrons. The van der Waals surface area contributed by atoms with Crippen LogP contribution < -0.4 is 10.6 Å². The number of methoxy groups -OCH3 is 1. The lowest BCUT2D eigenvalue weighted by molar-refractivity contribution is -0.0615. The van der Waals surface area contributed by atoms with E-state index in [1.807, 2.05) is 4.90 Å². The largest absolute Gasteiger partial charge is 0.379 e. The first kappa shape index (κ1) is 27.2. The summed E-state index contributed by atoms with van der Waals surface area (Å²) in [6.07, 6.45) is 16.0. The number of hydrogen-bond acceptors (Lipinski definition) is 8. The molecule has 1 aliphatic carbocycles. The zero-order valence-electron chi connectivity index (χ0n) is 22.8. The van der Waals surface area contributed by atoms with E-state index < -0.39 is 0 Å². The third-order valence-electron chi connectivity index (χ3n) is 8.41. The summed E-state index contributed by atoms with van der Waals surface area (Å²) in [7, 11) is 1.74. The molecular weight excluding hydrogens is 482 g/mol. The van der Waals surface area contributed by atoms with Gasteiger partial charge in [-0.2, -0.15) is 0 Å². The molecule has 2 N–H and O–H groups in total. The van der Waals surface area contributed by atoms with Crippen LogP contribution in [-0.2, 0) is 14.2 Å². The van der Waals surface area contributed by atoms with Gasteiger partial charge >= 0.3 is 0 Å². The lowest BCUT2D eigenvalue weighted by Crippen LogP contribution is -2.54. The molecule has 5 rings (SSSR count). The van der Waals surface area contributed by atoms with E-state index in [-0.39, 0.29) is 24.2 Å². The lowest BCUT2D eigenvalue weighted by atomic mass is 9.87. The van der Waals surface area contributed by atoms with Crippen molar-refractivity contribution in [3.05, 3.63) is 41.9 Å². The fourth-order valence-electron chi connectivity index (χ4n) is 6.05. The minimum absolute atomic E-state index is 0.0313. The summed E-state index contributed by atoms with van der Waals surface area (Å²) in [4.78, 5) is 23.8. The molecule has 4 heterocycles. The number of carbonyl (C=O) groups is 1. The van der Waals surface area contributed by atoms with Crippen LogP contribution in [0.2, 0.25) is 0 Å². The molecule has 1 unspecified atom stereocenters. The number of amides is 1. The fourth-order valence-corrected chi connectivity index (χ4v) is 6.05. The number of ether oxygens (including phenoxy) is 3. The second-order valence-corrected chi connectivity index (χ2v) is 11.1. The maximum atomic E-state index is 13.2. The molecule has 0 spiro atoms. The number of hydrogen-bond donors (Lipinski definition) is 2. The summed E-state index contributed by atoms with van der Waals surface area (Å²) in [6, 6.07) is 2.46. The van der Waals surface area contributed by atoms with Crippen molar-refractivity contribution in [1.82, 2.24) is 20.2 Å². The Morgan fingerprint density at radius 3 is 2.84 bits per heavy atom. The first-order valence-electron chi connectivity index (χ1n) is 14.3. The van der Waals surface area contributed by atoms with E-state index >= 15 is 0 Å². The molecule has 3 fully saturated rings. The standard InChI is InChI=1S/C29H43N5O4/c1-20-6-8-21(9-7-20)26-5-3-4-23(38-26)17-30-28-16-25(31-19-32-28)29(35)34-13-10-22(11-14-34)33-24-12-15-37-18-27(24)36-2/h6-8,16,19,21-24,26-27,33H,3-5,9-15,17-18H2,1-2H3,(H,30,31,32)/t21?,23-,24-,26+,27+/m1/s1. The van der Waals surface area contributed by atoms with E-state index in [2.05, 4.69) is 45.8 Å². The SMILES string of the molecule is CO[C@H]1COCC[C@H]1NC1CCN(C(=O)c2cc(NC[C@H]3CCC[C@@H](C4C=CC(C)=CC4)O3)ncn2)CC1. The van der Waals surface area contributed by atoms with E-state index in [1.165, 1.54) is 18.3 Å². The second-order valence-electron chi connectivity index (χ2n) is 11.1. The van der Waals surface area contributed by atoms with Gasteiger partial charge in [0.25, 0.3) is 5.91 Å². The Bertz CT molecular complexity index is 993. The number of nitrogens with zero attached hydrogens (tertiary/aromatic N) is 3. The minimum atomic E-state index is -0.0313. The van der Waals surface area contributed by atoms with Crippen LogP contribution >= 0.6 is 0 Å². The quantitative estimate of drug-likeness (QED) is 0.533. The van der Waals surface area contributed by atoms with Crippen LogP contribution in [0.25, 0.3) is 0 Å². The molecule has 0 aromatic carbocycles. The van der Waals surface area contributed by atoms with Gasteiger partial charge in [-0.25, -0.2) is 9.97 Å². The number of rotatable bonds is 8. The van der Waals surface area contributed by atoms with Crippen LogP contribution in [0.5, 0.6) is 0 Å². The maximum Gasteiger partial charge on any atom is 0.272 e. The summed E-state index contributed by atoms with van der Waals surface area (Å²) >= 11 is 0. The summed E-state index contributed by atoms with van der Waals surface area (Å²) < 4.78 is 17.6. The predicted octanol–water partition coefficient (Wildman–Crippen LogP) is 3.35. The number of likely N-dealkylation sites (tertiary alicyclic amines) is 1. The van der Waals surface area contributed by atoms with Crippen molar-refractivity contribution >= 4 is 11.7 Å². The van der Waals surface area contributed by atoms with Gasteiger partial charge in [0.1, 0.15) is 17.8 Å². The average Bonchev–Trinajstić information content (AvgIpc) is 2.97. The van der Waals surface area contributed by atoms with Gasteiger partial charge in [-0.05, 0) is 51.9 Å². The van der Waals surface area contributed by atoms with Crippen LogP contribution in [0.4, 0.5) is 5.82 Å². The van der Waals surface area contributed by atoms with Gasteiger partial charge in [0.15, 0.2) is 0 Å². The number of allylic oxidation sites excluding steroid dienone is 3. The number of aromatic nitrogens is 2. The third-order valence-corrected chi connectivity index (χ3v) is 8.41. The van der Waals surface area contributed by atoms with Crippen LogP contribution in [-0.4, -0.2) is 91.1 Å². The van der Waals surface area contributed by atoms with E-state index in [0.29, 0.717) is 55.8 Å². The predicted molar refractivity (Wildman–Crippen MR) is 146 cm³/mol. The first-order chi connectivity index (χ1) is 18.6. The van der Waals surface area contributed by atoms with E-state index in [1.54, 1.807) is 13.2 Å². The normalized spacial score (nSPS) is 30.6. The summed E-state index contributed by atoms with van der Waals surface area (Å²) in [6.45, 7) is 5.65. The molecule has 5 atom stereocenters. The smallest absolute Gasteiger partial charge is 0.272 e. The van der Waals surface area contributed by atoms with Gasteiger partial charge in [0, 0.05) is 57.4 Å². The summed E-state index contributed by atoms with van der Waals surface area (Å²) in [5.41, 5.74) is 1.77. The zero-order valence-corrected chi connectivity index (χ0v) is 22.8. The summed E-state index contributed by atoms with van der Waals surface area (Å²) in [5.74, 6) is 1.10. The van der Waals surface area contributed by atoms with Crippen molar-refractivity contribution in [2.75, 3.05) is 45.3 Å². The Labute approximate surface area is 226 Å². The molecule has 1 amide bonds. The average molecular weight is 526 g/mol. The molecule has 3 saturated heterocycles. The Morgan fingerprint density at radius 2 is 2.05 bits per heavy atom. The Balaban J connectivity index is 1.08. The van der Waals surface area contributed by atoms with Gasteiger partial charge in [-0.3, -0.25) is 4.79 Å². The van der Waals surface area contributed by atoms with E-state index in [4.69, 9.17) is 14.2 Å². The molecule has 0 saturated carbocycles. The molecule has 0 bridgehead atoms. The van der Waals surface area contributed by atoms with Crippen LogP contribution in [0.1, 0.15) is 62.4 Å². The van der Waals surface area contributed by atoms with Gasteiger partial charge in [0.05, 0.1) is 24.9 Å². The third kappa shape index (κ3) is 7.00. The zero-order chi connectivity index (χ0) is 26.3. The van der Waals surface area contributed by atoms with Crippen molar-refractivity contribution in [3.8, 4) is 0 Å². The number of piperidine rings is 1. The van der Waals surface area contributed by atoms with Crippen molar-refractivity contribution in [2.24, 2.45) is 5.92 Å². The molecule has 1 aromatic heterocycles. The van der Waals surface area contributed by atoms with Crippen molar-refractivity contribution in [1.29, 1.82) is 0 Å². The number of nitrogens with one attached hydrogen (secondary N) is 2. The van der Waals surface area contributed by atoms with Gasteiger partial charge < -0.3 is 29.7 Å². The fraction of sp³-hybridized carbons (Fsp3) is 0.690. The molecule has 1 aromatic rings. The number of anilines is 1. The second kappa shape index (κ2) is 13.2. The van der Waals surface area contributed by atoms with Crippen LogP contribution in [0, 0.1) is 5.92 Å². The molecule has 9 heteroatoms. The molecule has 38 heavy (non-hydrogen) atoms. The van der Waals surface area contributed by atoms with Crippen LogP contribution in [0.15, 0.2) is 36.2 Å². The topological polar surface area (TPSA) is 97.8 Å². The molecular formula is C29H43N5O4. The lowest BCUT2D eigenvalue weighted by Gasteiger charge is -2.38. The van der Waals surface area contributed by atoms with Gasteiger partial charge in [-0.15, -0.1) is 0 Å². The Kier molecular flexibility index (Phi) is 9.43. The van der Waals surface area contributed by atoms with Gasteiger partial charge in [0.2, 0.25) is 0 Å². The molecule has 3 aliphatic heterocycles. The van der Waals surface area contributed by atoms with Crippen LogP contribution in [0.3, 0.4) is 0 Å². The molecule has 0 radical (unpaired) electrons. The highest BCUT2D eigenvalue weighted by molar-refractivity contribution is 5.93.